The molecule has 2 aliphatic rings. The molecule has 1 aromatic rings. The van der Waals surface area contributed by atoms with Gasteiger partial charge in [-0.3, -0.25) is 4.79 Å². The molecular formula is C14H22N4O2. The second-order valence-corrected chi connectivity index (χ2v) is 5.62. The average molecular weight is 278 g/mol. The Bertz CT molecular complexity index is 510. The van der Waals surface area contributed by atoms with Crippen LogP contribution in [0.4, 0.5) is 5.69 Å². The van der Waals surface area contributed by atoms with E-state index >= 15 is 0 Å². The van der Waals surface area contributed by atoms with Crippen LogP contribution in [-0.2, 0) is 11.3 Å². The zero-order valence-corrected chi connectivity index (χ0v) is 11.9. The molecule has 2 aliphatic heterocycles. The lowest BCUT2D eigenvalue weighted by Gasteiger charge is -2.18. The van der Waals surface area contributed by atoms with Gasteiger partial charge in [-0.05, 0) is 25.8 Å². The molecule has 2 atom stereocenters. The van der Waals surface area contributed by atoms with Crippen LogP contribution in [0.2, 0.25) is 0 Å². The molecule has 2 saturated heterocycles. The van der Waals surface area contributed by atoms with Gasteiger partial charge >= 0.3 is 0 Å². The molecule has 3 rings (SSSR count). The minimum absolute atomic E-state index is 0.0166. The van der Waals surface area contributed by atoms with Crippen LogP contribution in [0, 0.1) is 0 Å². The van der Waals surface area contributed by atoms with E-state index in [1.807, 2.05) is 0 Å². The third-order valence-electron chi connectivity index (χ3n) is 4.25. The standard InChI is InChI=1S/C14H22N4O2/c1-20-13-4-6-17(10-13)12-7-14(19)18(16-8-12)9-11-3-2-5-15-11/h7-8,11,13,15H,2-6,9-10H2,1H3/t11-,13?/m0/s1. The third kappa shape index (κ3) is 2.86. The van der Waals surface area contributed by atoms with Gasteiger partial charge in [-0.15, -0.1) is 0 Å². The first-order chi connectivity index (χ1) is 9.76. The molecule has 6 heteroatoms. The number of methoxy groups -OCH3 is 1. The molecule has 110 valence electrons. The fourth-order valence-electron chi connectivity index (χ4n) is 3.01. The van der Waals surface area contributed by atoms with Crippen molar-refractivity contribution in [1.82, 2.24) is 15.1 Å². The smallest absolute Gasteiger partial charge is 0.268 e. The summed E-state index contributed by atoms with van der Waals surface area (Å²) in [6.45, 7) is 3.48. The first kappa shape index (κ1) is 13.6. The molecule has 1 unspecified atom stereocenters. The number of hydrogen-bond acceptors (Lipinski definition) is 5. The normalized spacial score (nSPS) is 26.4. The van der Waals surface area contributed by atoms with Gasteiger partial charge < -0.3 is 15.0 Å². The molecule has 0 bridgehead atoms. The van der Waals surface area contributed by atoms with Crippen molar-refractivity contribution < 1.29 is 4.74 Å². The summed E-state index contributed by atoms with van der Waals surface area (Å²) in [4.78, 5) is 14.3. The monoisotopic (exact) mass is 278 g/mol. The first-order valence-electron chi connectivity index (χ1n) is 7.34. The van der Waals surface area contributed by atoms with Gasteiger partial charge in [-0.1, -0.05) is 0 Å². The predicted octanol–water partition coefficient (Wildman–Crippen LogP) is 0.220. The highest BCUT2D eigenvalue weighted by Gasteiger charge is 2.23. The number of rotatable bonds is 4. The molecule has 0 aromatic carbocycles. The van der Waals surface area contributed by atoms with Crippen molar-refractivity contribution in [2.24, 2.45) is 0 Å². The minimum Gasteiger partial charge on any atom is -0.380 e. The van der Waals surface area contributed by atoms with Crippen LogP contribution >= 0.6 is 0 Å². The predicted molar refractivity (Wildman–Crippen MR) is 77.1 cm³/mol. The second-order valence-electron chi connectivity index (χ2n) is 5.62. The SMILES string of the molecule is COC1CCN(c2cnn(C[C@@H]3CCCN3)c(=O)c2)C1. The van der Waals surface area contributed by atoms with Crippen molar-refractivity contribution in [1.29, 1.82) is 0 Å². The van der Waals surface area contributed by atoms with E-state index in [1.54, 1.807) is 24.1 Å². The maximum atomic E-state index is 12.2. The van der Waals surface area contributed by atoms with E-state index < -0.39 is 0 Å². The molecule has 0 aliphatic carbocycles. The van der Waals surface area contributed by atoms with Crippen molar-refractivity contribution in [3.8, 4) is 0 Å². The molecule has 0 amide bonds. The van der Waals surface area contributed by atoms with E-state index in [9.17, 15) is 4.79 Å². The number of anilines is 1. The maximum Gasteiger partial charge on any atom is 0.268 e. The number of nitrogens with one attached hydrogen (secondary N) is 1. The molecule has 6 nitrogen and oxygen atoms in total. The van der Waals surface area contributed by atoms with Gasteiger partial charge in [0.1, 0.15) is 0 Å². The molecule has 1 N–H and O–H groups in total. The summed E-state index contributed by atoms with van der Waals surface area (Å²) in [6.07, 6.45) is 5.38. The fraction of sp³-hybridized carbons (Fsp3) is 0.714. The van der Waals surface area contributed by atoms with Crippen molar-refractivity contribution in [3.63, 3.8) is 0 Å². The van der Waals surface area contributed by atoms with Crippen LogP contribution in [0.1, 0.15) is 19.3 Å². The van der Waals surface area contributed by atoms with Crippen molar-refractivity contribution in [3.05, 3.63) is 22.6 Å². The van der Waals surface area contributed by atoms with E-state index in [0.29, 0.717) is 12.6 Å². The van der Waals surface area contributed by atoms with Gasteiger partial charge in [0, 0.05) is 32.3 Å². The molecule has 3 heterocycles. The molecular weight excluding hydrogens is 256 g/mol. The minimum atomic E-state index is -0.0166. The summed E-state index contributed by atoms with van der Waals surface area (Å²) in [6, 6.07) is 2.08. The van der Waals surface area contributed by atoms with Crippen LogP contribution in [0.15, 0.2) is 17.1 Å². The van der Waals surface area contributed by atoms with Crippen LogP contribution in [0.25, 0.3) is 0 Å². The van der Waals surface area contributed by atoms with Gasteiger partial charge in [0.2, 0.25) is 0 Å². The van der Waals surface area contributed by atoms with Gasteiger partial charge in [-0.25, -0.2) is 4.68 Å². The molecule has 0 saturated carbocycles. The van der Waals surface area contributed by atoms with E-state index in [2.05, 4.69) is 15.3 Å². The molecule has 0 spiro atoms. The Morgan fingerprint density at radius 3 is 3.05 bits per heavy atom. The summed E-state index contributed by atoms with van der Waals surface area (Å²) < 4.78 is 6.92. The molecule has 20 heavy (non-hydrogen) atoms. The lowest BCUT2D eigenvalue weighted by Crippen LogP contribution is -2.34. The first-order valence-corrected chi connectivity index (χ1v) is 7.34. The number of ether oxygens (including phenoxy) is 1. The molecule has 0 radical (unpaired) electrons. The summed E-state index contributed by atoms with van der Waals surface area (Å²) in [5, 5.41) is 7.71. The van der Waals surface area contributed by atoms with Gasteiger partial charge in [0.15, 0.2) is 0 Å². The highest BCUT2D eigenvalue weighted by Crippen LogP contribution is 2.19. The maximum absolute atomic E-state index is 12.2. The Morgan fingerprint density at radius 2 is 2.40 bits per heavy atom. The van der Waals surface area contributed by atoms with Crippen LogP contribution in [-0.4, -0.2) is 48.7 Å². The summed E-state index contributed by atoms with van der Waals surface area (Å²) in [5.74, 6) is 0. The van der Waals surface area contributed by atoms with Gasteiger partial charge in [0.25, 0.3) is 5.56 Å². The lowest BCUT2D eigenvalue weighted by atomic mass is 10.2. The zero-order valence-electron chi connectivity index (χ0n) is 11.9. The summed E-state index contributed by atoms with van der Waals surface area (Å²) in [5.41, 5.74) is 0.891. The Labute approximate surface area is 118 Å². The quantitative estimate of drug-likeness (QED) is 0.854. The lowest BCUT2D eigenvalue weighted by molar-refractivity contribution is 0.121. The van der Waals surface area contributed by atoms with E-state index in [-0.39, 0.29) is 11.7 Å². The molecule has 2 fully saturated rings. The van der Waals surface area contributed by atoms with Gasteiger partial charge in [-0.2, -0.15) is 5.10 Å². The van der Waals surface area contributed by atoms with Crippen LogP contribution < -0.4 is 15.8 Å². The second kappa shape index (κ2) is 5.93. The summed E-state index contributed by atoms with van der Waals surface area (Å²) in [7, 11) is 1.74. The van der Waals surface area contributed by atoms with Crippen LogP contribution in [0.3, 0.4) is 0 Å². The number of hydrogen-bond donors (Lipinski definition) is 1. The Hall–Kier alpha value is -1.40. The van der Waals surface area contributed by atoms with E-state index in [0.717, 1.165) is 38.2 Å². The van der Waals surface area contributed by atoms with E-state index in [1.165, 1.54) is 6.42 Å². The van der Waals surface area contributed by atoms with Crippen molar-refractivity contribution in [2.75, 3.05) is 31.6 Å². The average Bonchev–Trinajstić information content (AvgIpc) is 3.12. The van der Waals surface area contributed by atoms with Crippen LogP contribution in [0.5, 0.6) is 0 Å². The fourth-order valence-corrected chi connectivity index (χ4v) is 3.01. The molecule has 1 aromatic heterocycles. The van der Waals surface area contributed by atoms with Gasteiger partial charge in [0.05, 0.1) is 24.5 Å². The topological polar surface area (TPSA) is 59.4 Å². The highest BCUT2D eigenvalue weighted by molar-refractivity contribution is 5.44. The Kier molecular flexibility index (Phi) is 4.03. The zero-order chi connectivity index (χ0) is 13.9. The van der Waals surface area contributed by atoms with Crippen molar-refractivity contribution >= 4 is 5.69 Å². The third-order valence-corrected chi connectivity index (χ3v) is 4.25. The largest absolute Gasteiger partial charge is 0.380 e. The Balaban J connectivity index is 1.69. The Morgan fingerprint density at radius 1 is 1.50 bits per heavy atom. The number of aromatic nitrogens is 2. The van der Waals surface area contributed by atoms with E-state index in [4.69, 9.17) is 4.74 Å². The highest BCUT2D eigenvalue weighted by atomic mass is 16.5. The van der Waals surface area contributed by atoms with Crippen molar-refractivity contribution in [2.45, 2.75) is 38.0 Å². The summed E-state index contributed by atoms with van der Waals surface area (Å²) >= 11 is 0. The number of nitrogens with zero attached hydrogens (tertiary/aromatic N) is 3.